The molecular weight excluding hydrogens is 172 g/mol. The van der Waals surface area contributed by atoms with Gasteiger partial charge in [-0.05, 0) is 13.8 Å². The first kappa shape index (κ1) is 15.3. The summed E-state index contributed by atoms with van der Waals surface area (Å²) in [6, 6.07) is 0. The van der Waals surface area contributed by atoms with E-state index >= 15 is 0 Å². The third kappa shape index (κ3) is 14.6. The predicted octanol–water partition coefficient (Wildman–Crippen LogP) is 0.413. The van der Waals surface area contributed by atoms with Gasteiger partial charge in [0.25, 0.3) is 0 Å². The molecule has 82 valence electrons. The highest BCUT2D eigenvalue weighted by atomic mass is 16.9. The zero-order valence-corrected chi connectivity index (χ0v) is 9.08. The molecule has 0 radical (unpaired) electrons. The van der Waals surface area contributed by atoms with Crippen LogP contribution < -0.4 is 5.73 Å². The number of hydrogen-bond donors (Lipinski definition) is 1. The third-order valence-electron chi connectivity index (χ3n) is 1.13. The van der Waals surface area contributed by atoms with Crippen LogP contribution in [0.1, 0.15) is 13.8 Å². The minimum Gasteiger partial charge on any atom is -0.380 e. The Hall–Kier alpha value is -0.200. The zero-order chi connectivity index (χ0) is 10.5. The number of nitrogens with zero attached hydrogens (tertiary/aromatic N) is 1. The summed E-state index contributed by atoms with van der Waals surface area (Å²) in [6.45, 7) is 6.73. The molecule has 0 amide bonds. The van der Waals surface area contributed by atoms with E-state index in [0.717, 1.165) is 13.2 Å². The van der Waals surface area contributed by atoms with Gasteiger partial charge in [-0.1, -0.05) is 5.23 Å². The molecule has 0 atom stereocenters. The number of hydrogen-bond acceptors (Lipinski definition) is 5. The molecule has 5 nitrogen and oxygen atoms in total. The van der Waals surface area contributed by atoms with Gasteiger partial charge in [0.15, 0.2) is 0 Å². The van der Waals surface area contributed by atoms with Crippen LogP contribution in [-0.2, 0) is 14.4 Å². The first-order chi connectivity index (χ1) is 6.26. The molecule has 13 heavy (non-hydrogen) atoms. The van der Waals surface area contributed by atoms with E-state index in [9.17, 15) is 0 Å². The maximum atomic E-state index is 5.09. The van der Waals surface area contributed by atoms with Crippen molar-refractivity contribution in [3.8, 4) is 0 Å². The summed E-state index contributed by atoms with van der Waals surface area (Å²) in [5, 5.41) is 1.38. The third-order valence-corrected chi connectivity index (χ3v) is 1.13. The lowest BCUT2D eigenvalue weighted by molar-refractivity contribution is -0.339. The molecular formula is C8H22N2O3. The van der Waals surface area contributed by atoms with Crippen LogP contribution >= 0.6 is 0 Å². The summed E-state index contributed by atoms with van der Waals surface area (Å²) in [4.78, 5) is 9.32. The minimum absolute atomic E-state index is 0.633. The summed E-state index contributed by atoms with van der Waals surface area (Å²) in [6.07, 6.45) is 0. The van der Waals surface area contributed by atoms with Crippen molar-refractivity contribution in [3.63, 3.8) is 0 Å². The SMILES string of the molecule is CCN(OC)OC.CCOCCN. The van der Waals surface area contributed by atoms with E-state index in [2.05, 4.69) is 9.68 Å². The van der Waals surface area contributed by atoms with E-state index in [1.165, 1.54) is 5.23 Å². The molecule has 0 heterocycles. The van der Waals surface area contributed by atoms with Gasteiger partial charge in [0.05, 0.1) is 20.8 Å². The van der Waals surface area contributed by atoms with E-state index in [0.29, 0.717) is 13.2 Å². The molecule has 0 saturated heterocycles. The van der Waals surface area contributed by atoms with E-state index < -0.39 is 0 Å². The lowest BCUT2D eigenvalue weighted by atomic mass is 10.7. The minimum atomic E-state index is 0.633. The van der Waals surface area contributed by atoms with Gasteiger partial charge in [0, 0.05) is 19.7 Å². The molecule has 0 bridgehead atoms. The summed E-state index contributed by atoms with van der Waals surface area (Å²) >= 11 is 0. The van der Waals surface area contributed by atoms with Crippen LogP contribution in [0.25, 0.3) is 0 Å². The highest BCUT2D eigenvalue weighted by Gasteiger charge is 1.90. The van der Waals surface area contributed by atoms with Crippen LogP contribution in [0.5, 0.6) is 0 Å². The van der Waals surface area contributed by atoms with Crippen LogP contribution in [-0.4, -0.2) is 45.7 Å². The first-order valence-corrected chi connectivity index (χ1v) is 4.40. The second kappa shape index (κ2) is 14.3. The Bertz CT molecular complexity index is 70.3. The highest BCUT2D eigenvalue weighted by Crippen LogP contribution is 1.82. The van der Waals surface area contributed by atoms with Crippen molar-refractivity contribution in [2.75, 3.05) is 40.5 Å². The topological polar surface area (TPSA) is 57.0 Å². The van der Waals surface area contributed by atoms with Crippen molar-refractivity contribution in [3.05, 3.63) is 0 Å². The van der Waals surface area contributed by atoms with E-state index in [4.69, 9.17) is 10.5 Å². The Labute approximate surface area is 80.6 Å². The van der Waals surface area contributed by atoms with Crippen molar-refractivity contribution in [2.45, 2.75) is 13.8 Å². The second-order valence-corrected chi connectivity index (χ2v) is 2.00. The molecule has 0 aromatic carbocycles. The number of ether oxygens (including phenoxy) is 1. The fourth-order valence-corrected chi connectivity index (χ4v) is 0.560. The quantitative estimate of drug-likeness (QED) is 0.490. The molecule has 0 saturated carbocycles. The summed E-state index contributed by atoms with van der Waals surface area (Å²) in [7, 11) is 3.12. The van der Waals surface area contributed by atoms with Gasteiger partial charge in [0.1, 0.15) is 0 Å². The molecule has 0 fully saturated rings. The second-order valence-electron chi connectivity index (χ2n) is 2.00. The van der Waals surface area contributed by atoms with E-state index in [-0.39, 0.29) is 0 Å². The van der Waals surface area contributed by atoms with Crippen LogP contribution in [0.2, 0.25) is 0 Å². The molecule has 0 aromatic rings. The van der Waals surface area contributed by atoms with Crippen molar-refractivity contribution in [1.29, 1.82) is 0 Å². The van der Waals surface area contributed by atoms with Crippen molar-refractivity contribution in [2.24, 2.45) is 5.73 Å². The Morgan fingerprint density at radius 2 is 1.69 bits per heavy atom. The molecule has 0 aliphatic rings. The standard InChI is InChI=1S/C4H11NO2.C4H11NO/c1-4-5(6-2)7-3;1-2-6-4-3-5/h4H2,1-3H3;2-5H2,1H3. The summed E-state index contributed by atoms with van der Waals surface area (Å²) < 4.78 is 4.86. The molecule has 2 N–H and O–H groups in total. The van der Waals surface area contributed by atoms with Gasteiger partial charge in [-0.3, -0.25) is 9.68 Å². The van der Waals surface area contributed by atoms with Crippen LogP contribution in [0.4, 0.5) is 0 Å². The van der Waals surface area contributed by atoms with Gasteiger partial charge < -0.3 is 10.5 Å². The van der Waals surface area contributed by atoms with Gasteiger partial charge in [-0.25, -0.2) is 0 Å². The zero-order valence-electron chi connectivity index (χ0n) is 9.08. The molecule has 0 aliphatic heterocycles. The maximum Gasteiger partial charge on any atom is 0.0601 e. The summed E-state index contributed by atoms with van der Waals surface area (Å²) in [5.41, 5.74) is 5.09. The number of hydroxylamine groups is 2. The molecule has 0 aromatic heterocycles. The number of nitrogens with two attached hydrogens (primary N) is 1. The fourth-order valence-electron chi connectivity index (χ4n) is 0.560. The van der Waals surface area contributed by atoms with Crippen LogP contribution in [0.3, 0.4) is 0 Å². The normalized spacial score (nSPS) is 9.69. The Kier molecular flexibility index (Phi) is 16.8. The predicted molar refractivity (Wildman–Crippen MR) is 51.9 cm³/mol. The lowest BCUT2D eigenvalue weighted by Crippen LogP contribution is -2.19. The van der Waals surface area contributed by atoms with Gasteiger partial charge in [0.2, 0.25) is 0 Å². The Balaban J connectivity index is 0. The first-order valence-electron chi connectivity index (χ1n) is 4.40. The average Bonchev–Trinajstić information content (AvgIpc) is 2.18. The van der Waals surface area contributed by atoms with Gasteiger partial charge >= 0.3 is 0 Å². The van der Waals surface area contributed by atoms with Gasteiger partial charge in [-0.15, -0.1) is 0 Å². The van der Waals surface area contributed by atoms with Gasteiger partial charge in [-0.2, -0.15) is 0 Å². The summed E-state index contributed by atoms with van der Waals surface area (Å²) in [5.74, 6) is 0. The maximum absolute atomic E-state index is 5.09. The van der Waals surface area contributed by atoms with E-state index in [1.54, 1.807) is 14.2 Å². The monoisotopic (exact) mass is 194 g/mol. The smallest absolute Gasteiger partial charge is 0.0601 e. The average molecular weight is 194 g/mol. The largest absolute Gasteiger partial charge is 0.380 e. The fraction of sp³-hybridized carbons (Fsp3) is 1.00. The van der Waals surface area contributed by atoms with Crippen LogP contribution in [0.15, 0.2) is 0 Å². The lowest BCUT2D eigenvalue weighted by Gasteiger charge is -2.11. The van der Waals surface area contributed by atoms with Crippen molar-refractivity contribution >= 4 is 0 Å². The molecule has 0 spiro atoms. The number of rotatable bonds is 6. The molecule has 0 aliphatic carbocycles. The molecule has 0 rings (SSSR count). The van der Waals surface area contributed by atoms with Crippen LogP contribution in [0, 0.1) is 0 Å². The highest BCUT2D eigenvalue weighted by molar-refractivity contribution is 4.25. The van der Waals surface area contributed by atoms with E-state index in [1.807, 2.05) is 13.8 Å². The Morgan fingerprint density at radius 3 is 1.77 bits per heavy atom. The van der Waals surface area contributed by atoms with Crippen molar-refractivity contribution < 1.29 is 14.4 Å². The molecule has 5 heteroatoms. The van der Waals surface area contributed by atoms with Crippen molar-refractivity contribution in [1.82, 2.24) is 5.23 Å². The Morgan fingerprint density at radius 1 is 1.15 bits per heavy atom. The molecule has 0 unspecified atom stereocenters.